The Balaban J connectivity index is 1.80. The number of aromatic nitrogens is 1. The second-order valence-electron chi connectivity index (χ2n) is 7.09. The van der Waals surface area contributed by atoms with Crippen molar-refractivity contribution in [2.75, 3.05) is 0 Å². The van der Waals surface area contributed by atoms with Crippen molar-refractivity contribution < 1.29 is 14.6 Å². The smallest absolute Gasteiger partial charge is 0.341 e. The van der Waals surface area contributed by atoms with E-state index in [0.29, 0.717) is 11.3 Å². The highest BCUT2D eigenvalue weighted by atomic mass is 16.5. The quantitative estimate of drug-likeness (QED) is 0.923. The van der Waals surface area contributed by atoms with Crippen LogP contribution in [0.4, 0.5) is 0 Å². The normalized spacial score (nSPS) is 21.0. The lowest BCUT2D eigenvalue weighted by Crippen LogP contribution is -2.29. The van der Waals surface area contributed by atoms with Crippen LogP contribution in [0.5, 0.6) is 5.88 Å². The van der Waals surface area contributed by atoms with Gasteiger partial charge in [-0.25, -0.2) is 9.78 Å². The molecule has 1 heterocycles. The molecule has 0 saturated heterocycles. The molecule has 21 heavy (non-hydrogen) atoms. The average Bonchev–Trinajstić information content (AvgIpc) is 2.87. The Hall–Kier alpha value is -1.58. The van der Waals surface area contributed by atoms with Gasteiger partial charge in [0, 0.05) is 5.69 Å². The van der Waals surface area contributed by atoms with Crippen LogP contribution in [0.25, 0.3) is 0 Å². The van der Waals surface area contributed by atoms with Crippen molar-refractivity contribution in [1.82, 2.24) is 4.98 Å². The lowest BCUT2D eigenvalue weighted by molar-refractivity contribution is 0.0668. The van der Waals surface area contributed by atoms with Crippen LogP contribution in [0, 0.1) is 5.41 Å². The maximum Gasteiger partial charge on any atom is 0.341 e. The predicted molar refractivity (Wildman–Crippen MR) is 79.9 cm³/mol. The van der Waals surface area contributed by atoms with E-state index >= 15 is 0 Å². The van der Waals surface area contributed by atoms with Crippen molar-refractivity contribution in [3.8, 4) is 5.88 Å². The topological polar surface area (TPSA) is 59.4 Å². The van der Waals surface area contributed by atoms with Crippen LogP contribution in [0.3, 0.4) is 0 Å². The van der Waals surface area contributed by atoms with Crippen molar-refractivity contribution >= 4 is 5.97 Å². The molecule has 2 aliphatic rings. The van der Waals surface area contributed by atoms with Crippen molar-refractivity contribution in [1.29, 1.82) is 0 Å². The van der Waals surface area contributed by atoms with E-state index < -0.39 is 5.97 Å². The standard InChI is InChI=1S/C17H23NO3/c1-17(2)8-6-12(7-9-17)21-15-13(16(19)20)10-11-4-3-5-14(11)18-15/h10,12H,3-9H2,1-2H3,(H,19,20). The van der Waals surface area contributed by atoms with Gasteiger partial charge in [-0.3, -0.25) is 0 Å². The molecular formula is C17H23NO3. The Kier molecular flexibility index (Phi) is 3.64. The number of aromatic carboxylic acids is 1. The number of aryl methyl sites for hydroxylation is 2. The summed E-state index contributed by atoms with van der Waals surface area (Å²) in [6, 6.07) is 1.76. The zero-order chi connectivity index (χ0) is 15.0. The first-order chi connectivity index (χ1) is 9.94. The highest BCUT2D eigenvalue weighted by molar-refractivity contribution is 5.90. The Bertz CT molecular complexity index is 555. The van der Waals surface area contributed by atoms with Gasteiger partial charge in [0.15, 0.2) is 0 Å². The van der Waals surface area contributed by atoms with Gasteiger partial charge >= 0.3 is 5.97 Å². The Labute approximate surface area is 125 Å². The average molecular weight is 289 g/mol. The number of carbonyl (C=O) groups is 1. The zero-order valence-corrected chi connectivity index (χ0v) is 12.8. The van der Waals surface area contributed by atoms with Gasteiger partial charge in [-0.15, -0.1) is 0 Å². The third-order valence-corrected chi connectivity index (χ3v) is 4.81. The molecule has 4 nitrogen and oxygen atoms in total. The number of ether oxygens (including phenoxy) is 1. The molecule has 0 aromatic carbocycles. The molecule has 0 unspecified atom stereocenters. The summed E-state index contributed by atoms with van der Waals surface area (Å²) in [4.78, 5) is 15.9. The van der Waals surface area contributed by atoms with E-state index in [1.54, 1.807) is 6.07 Å². The Morgan fingerprint density at radius 1 is 1.33 bits per heavy atom. The first-order valence-electron chi connectivity index (χ1n) is 7.87. The summed E-state index contributed by atoms with van der Waals surface area (Å²) in [7, 11) is 0. The van der Waals surface area contributed by atoms with Gasteiger partial charge < -0.3 is 9.84 Å². The third-order valence-electron chi connectivity index (χ3n) is 4.81. The molecule has 0 bridgehead atoms. The number of rotatable bonds is 3. The van der Waals surface area contributed by atoms with Crippen LogP contribution in [0.15, 0.2) is 6.07 Å². The summed E-state index contributed by atoms with van der Waals surface area (Å²) in [5, 5.41) is 9.39. The number of fused-ring (bicyclic) bond motifs is 1. The number of hydrogen-bond acceptors (Lipinski definition) is 3. The van der Waals surface area contributed by atoms with Crippen molar-refractivity contribution in [3.05, 3.63) is 22.9 Å². The maximum absolute atomic E-state index is 11.4. The van der Waals surface area contributed by atoms with E-state index in [9.17, 15) is 9.90 Å². The van der Waals surface area contributed by atoms with Gasteiger partial charge in [0.05, 0.1) is 0 Å². The van der Waals surface area contributed by atoms with Gasteiger partial charge in [0.25, 0.3) is 0 Å². The first kappa shape index (κ1) is 14.4. The summed E-state index contributed by atoms with van der Waals surface area (Å²) in [5.74, 6) is -0.615. The van der Waals surface area contributed by atoms with E-state index in [4.69, 9.17) is 4.74 Å². The van der Waals surface area contributed by atoms with E-state index in [0.717, 1.165) is 56.2 Å². The van der Waals surface area contributed by atoms with Crippen molar-refractivity contribution in [3.63, 3.8) is 0 Å². The molecular weight excluding hydrogens is 266 g/mol. The molecule has 0 spiro atoms. The summed E-state index contributed by atoms with van der Waals surface area (Å²) in [6.45, 7) is 4.55. The minimum absolute atomic E-state index is 0.100. The fourth-order valence-corrected chi connectivity index (χ4v) is 3.34. The zero-order valence-electron chi connectivity index (χ0n) is 12.8. The molecule has 114 valence electrons. The lowest BCUT2D eigenvalue weighted by atomic mass is 9.76. The molecule has 1 aromatic rings. The molecule has 1 N–H and O–H groups in total. The number of carboxylic acid groups (broad SMARTS) is 1. The molecule has 4 heteroatoms. The largest absolute Gasteiger partial charge is 0.477 e. The van der Waals surface area contributed by atoms with E-state index in [1.807, 2.05) is 0 Å². The van der Waals surface area contributed by atoms with Crippen LogP contribution in [-0.2, 0) is 12.8 Å². The van der Waals surface area contributed by atoms with E-state index in [2.05, 4.69) is 18.8 Å². The van der Waals surface area contributed by atoms with E-state index in [-0.39, 0.29) is 11.7 Å². The molecule has 2 aliphatic carbocycles. The van der Waals surface area contributed by atoms with Crippen LogP contribution in [-0.4, -0.2) is 22.2 Å². The van der Waals surface area contributed by atoms with Crippen LogP contribution < -0.4 is 4.74 Å². The third kappa shape index (κ3) is 3.04. The Morgan fingerprint density at radius 2 is 2.05 bits per heavy atom. The molecule has 1 fully saturated rings. The Morgan fingerprint density at radius 3 is 2.71 bits per heavy atom. The predicted octanol–water partition coefficient (Wildman–Crippen LogP) is 3.62. The van der Waals surface area contributed by atoms with Crippen molar-refractivity contribution in [2.24, 2.45) is 5.41 Å². The molecule has 0 aliphatic heterocycles. The molecule has 3 rings (SSSR count). The van der Waals surface area contributed by atoms with Gasteiger partial charge in [0.1, 0.15) is 11.7 Å². The molecule has 1 saturated carbocycles. The number of nitrogens with zero attached hydrogens (tertiary/aromatic N) is 1. The fourth-order valence-electron chi connectivity index (χ4n) is 3.34. The van der Waals surface area contributed by atoms with Crippen LogP contribution in [0.1, 0.15) is 67.6 Å². The molecule has 0 atom stereocenters. The van der Waals surface area contributed by atoms with Gasteiger partial charge in [0.2, 0.25) is 5.88 Å². The minimum atomic E-state index is -0.941. The lowest BCUT2D eigenvalue weighted by Gasteiger charge is -2.34. The highest BCUT2D eigenvalue weighted by Gasteiger charge is 2.29. The van der Waals surface area contributed by atoms with Crippen LogP contribution in [0.2, 0.25) is 0 Å². The van der Waals surface area contributed by atoms with Crippen molar-refractivity contribution in [2.45, 2.75) is 64.9 Å². The summed E-state index contributed by atoms with van der Waals surface area (Å²) in [5.41, 5.74) is 2.69. The van der Waals surface area contributed by atoms with Gasteiger partial charge in [-0.2, -0.15) is 0 Å². The molecule has 0 amide bonds. The summed E-state index contributed by atoms with van der Waals surface area (Å²) < 4.78 is 5.97. The van der Waals surface area contributed by atoms with Gasteiger partial charge in [-0.1, -0.05) is 13.8 Å². The molecule has 1 aromatic heterocycles. The SMILES string of the molecule is CC1(C)CCC(Oc2nc3c(cc2C(=O)O)CCC3)CC1. The summed E-state index contributed by atoms with van der Waals surface area (Å²) in [6.07, 6.45) is 7.21. The highest BCUT2D eigenvalue weighted by Crippen LogP contribution is 2.37. The number of hydrogen-bond donors (Lipinski definition) is 1. The number of carboxylic acids is 1. The van der Waals surface area contributed by atoms with Gasteiger partial charge in [-0.05, 0) is 62.0 Å². The second-order valence-corrected chi connectivity index (χ2v) is 7.09. The molecule has 0 radical (unpaired) electrons. The first-order valence-corrected chi connectivity index (χ1v) is 7.87. The second kappa shape index (κ2) is 5.32. The van der Waals surface area contributed by atoms with E-state index in [1.165, 1.54) is 0 Å². The minimum Gasteiger partial charge on any atom is -0.477 e. The summed E-state index contributed by atoms with van der Waals surface area (Å²) >= 11 is 0. The monoisotopic (exact) mass is 289 g/mol. The number of pyridine rings is 1. The maximum atomic E-state index is 11.4. The fraction of sp³-hybridized carbons (Fsp3) is 0.647. The van der Waals surface area contributed by atoms with Crippen LogP contribution >= 0.6 is 0 Å².